The van der Waals surface area contributed by atoms with Crippen LogP contribution in [0.25, 0.3) is 22.3 Å². The maximum absolute atomic E-state index is 14.2. The number of aromatic nitrogens is 8. The number of hydrogen-bond acceptors (Lipinski definition) is 24. The molecule has 0 aliphatic rings. The fourth-order valence-corrected chi connectivity index (χ4v) is 17.5. The van der Waals surface area contributed by atoms with Crippen molar-refractivity contribution in [1.82, 2.24) is 54.1 Å². The van der Waals surface area contributed by atoms with Crippen LogP contribution in [-0.4, -0.2) is 167 Å². The number of carbonyl (C=O) groups is 2. The van der Waals surface area contributed by atoms with Crippen LogP contribution in [0.5, 0.6) is 23.0 Å². The van der Waals surface area contributed by atoms with E-state index in [2.05, 4.69) is 45.1 Å². The van der Waals surface area contributed by atoms with Crippen molar-refractivity contribution in [3.05, 3.63) is 288 Å². The van der Waals surface area contributed by atoms with Gasteiger partial charge < -0.3 is 66.7 Å². The summed E-state index contributed by atoms with van der Waals surface area (Å²) in [7, 11) is 3.23. The van der Waals surface area contributed by atoms with E-state index in [-0.39, 0.29) is 74.1 Å². The molecule has 4 N–H and O–H groups in total. The van der Waals surface area contributed by atoms with Crippen molar-refractivity contribution in [3.8, 4) is 23.0 Å². The number of imidazole rings is 2. The number of nitrogens with two attached hydrogens (primary N) is 1. The van der Waals surface area contributed by atoms with Crippen LogP contribution in [0.3, 0.4) is 0 Å². The number of nitrogens with one attached hydrogen (secondary N) is 2. The predicted octanol–water partition coefficient (Wildman–Crippen LogP) is 16.0. The maximum atomic E-state index is 14.2. The lowest BCUT2D eigenvalue weighted by Gasteiger charge is -2.38. The standard InChI is InChI=1S/C46H54N7O7PS.C43H49N6O7PS/c1-45(2,30-59-46(36-15-11-8-12-16-36,37-17-21-39(56-5)22-18-37)38-19-23-40(57-6)24-20-38)44(54)62-28-27-60-61(55,51-29-35-13-9-7-10-14-35)34-58-26-25-53-33-49-41-42(50-32-52(3)4)47-31-48-43(41)53;1-42(2,28-55-43(33-13-9-6-10-14-33,34-15-19-36(52-3)20-16-34)35-17-21-37(53-4)22-18-35)41(50)58-26-25-56-57(51,48-27-32-11-7-5-8-12-32)31-54-24-23-49-30-47-38-39(44)45-29-46-40(38)49/h7-24,31-33H,25-30,34H2,1-6H3,(H,51,55);5-22,29-30H,23-28,31H2,1-4H3,(H,48,51)(H2,44,45,46). The maximum Gasteiger partial charge on any atom is 0.295 e. The summed E-state index contributed by atoms with van der Waals surface area (Å²) in [5, 5.41) is 5.99. The molecule has 4 aromatic heterocycles. The number of methoxy groups -OCH3 is 4. The highest BCUT2D eigenvalue weighted by atomic mass is 32.2. The second kappa shape index (κ2) is 43.1. The number of carbonyl (C=O) groups excluding carboxylic acids is 2. The topological polar surface area (TPSA) is 313 Å². The molecule has 2 atom stereocenters. The van der Waals surface area contributed by atoms with E-state index in [4.69, 9.17) is 52.7 Å². The Kier molecular flexibility index (Phi) is 32.5. The SMILES string of the molecule is COc1ccc(C(OCC(C)(C)C(=O)SCCOP(=O)(COCCn2cnc3c(N)ncnc32)NCc2ccccc2)(c2ccccc2)c2ccc(OC)cc2)cc1.COc1ccc(C(OCC(C)(C)C(=O)SCCOP(=O)(COCCn2cnc3c(N=CN(C)C)ncnc32)NCc2ccccc2)(c2ccccc2)c2ccc(OC)cc2)cc1. The zero-order valence-corrected chi connectivity index (χ0v) is 72.5. The summed E-state index contributed by atoms with van der Waals surface area (Å²) in [4.78, 5) is 59.7. The Hall–Kier alpha value is -10.5. The van der Waals surface area contributed by atoms with Crippen LogP contribution < -0.4 is 34.9 Å². The van der Waals surface area contributed by atoms with Crippen LogP contribution in [0, 0.1) is 10.8 Å². The molecule has 12 aromatic rings. The fourth-order valence-electron chi connectivity index (χ4n) is 12.8. The zero-order chi connectivity index (χ0) is 85.0. The van der Waals surface area contributed by atoms with E-state index in [9.17, 15) is 18.7 Å². The Labute approximate surface area is 708 Å². The predicted molar refractivity (Wildman–Crippen MR) is 471 cm³/mol. The van der Waals surface area contributed by atoms with Gasteiger partial charge in [0.05, 0.1) is 97.9 Å². The van der Waals surface area contributed by atoms with E-state index >= 15 is 0 Å². The minimum Gasteiger partial charge on any atom is -0.497 e. The number of thioether (sulfide) groups is 2. The van der Waals surface area contributed by atoms with Gasteiger partial charge in [0, 0.05) is 51.8 Å². The summed E-state index contributed by atoms with van der Waals surface area (Å²) in [6.07, 6.45) is 7.38. The summed E-state index contributed by atoms with van der Waals surface area (Å²) in [5.74, 6) is 4.14. The molecular formula is C89H103N13O14P2S2. The van der Waals surface area contributed by atoms with Crippen LogP contribution in [0.1, 0.15) is 72.2 Å². The molecule has 0 bridgehead atoms. The summed E-state index contributed by atoms with van der Waals surface area (Å²) < 4.78 is 91.8. The molecule has 630 valence electrons. The molecule has 0 saturated heterocycles. The number of ether oxygens (including phenoxy) is 8. The van der Waals surface area contributed by atoms with Crippen molar-refractivity contribution >= 4 is 89.1 Å². The zero-order valence-electron chi connectivity index (χ0n) is 69.0. The minimum atomic E-state index is -3.53. The highest BCUT2D eigenvalue weighted by Gasteiger charge is 2.43. The summed E-state index contributed by atoms with van der Waals surface area (Å²) in [5.41, 5.74) is 11.3. The first kappa shape index (κ1) is 90.3. The van der Waals surface area contributed by atoms with Gasteiger partial charge in [-0.1, -0.05) is 193 Å². The van der Waals surface area contributed by atoms with Crippen molar-refractivity contribution in [2.45, 2.75) is 65.1 Å². The van der Waals surface area contributed by atoms with E-state index in [1.54, 1.807) is 52.0 Å². The average molecular weight is 1700 g/mol. The molecule has 31 heteroatoms. The van der Waals surface area contributed by atoms with Crippen LogP contribution >= 0.6 is 38.6 Å². The number of nitrogens with zero attached hydrogens (tertiary/aromatic N) is 10. The molecule has 27 nitrogen and oxygen atoms in total. The average Bonchev–Trinajstić information content (AvgIpc) is 0.839. The molecular weight excluding hydrogens is 1600 g/mol. The fraction of sp³-hybridized carbons (Fsp3) is 0.315. The van der Waals surface area contributed by atoms with Crippen molar-refractivity contribution in [1.29, 1.82) is 0 Å². The Bertz CT molecular complexity index is 5260. The van der Waals surface area contributed by atoms with Crippen LogP contribution in [0.4, 0.5) is 11.6 Å². The lowest BCUT2D eigenvalue weighted by atomic mass is 9.79. The van der Waals surface area contributed by atoms with E-state index < -0.39 is 37.1 Å². The largest absolute Gasteiger partial charge is 0.497 e. The third-order valence-corrected chi connectivity index (χ3v) is 25.3. The highest BCUT2D eigenvalue weighted by Crippen LogP contribution is 2.48. The minimum absolute atomic E-state index is 0.0424. The van der Waals surface area contributed by atoms with E-state index in [0.717, 1.165) is 68.0 Å². The Morgan fingerprint density at radius 3 is 1.17 bits per heavy atom. The molecule has 0 fully saturated rings. The van der Waals surface area contributed by atoms with Gasteiger partial charge in [0.25, 0.3) is 15.0 Å². The van der Waals surface area contributed by atoms with Gasteiger partial charge in [0.1, 0.15) is 65.1 Å². The van der Waals surface area contributed by atoms with Crippen LogP contribution in [0.15, 0.2) is 249 Å². The number of hydrogen-bond donors (Lipinski definition) is 3. The molecule has 0 aliphatic carbocycles. The molecule has 4 heterocycles. The van der Waals surface area contributed by atoms with Crippen molar-refractivity contribution in [2.24, 2.45) is 15.8 Å². The Balaban J connectivity index is 0.000000235. The second-order valence-corrected chi connectivity index (χ2v) is 35.7. The van der Waals surface area contributed by atoms with Gasteiger partial charge in [0.15, 0.2) is 38.7 Å². The third-order valence-electron chi connectivity index (χ3n) is 19.4. The van der Waals surface area contributed by atoms with E-state index in [1.807, 2.05) is 270 Å². The van der Waals surface area contributed by atoms with Gasteiger partial charge in [-0.25, -0.2) is 45.1 Å². The molecule has 0 spiro atoms. The number of rotatable bonds is 44. The lowest BCUT2D eigenvalue weighted by Crippen LogP contribution is -2.38. The first-order valence-electron chi connectivity index (χ1n) is 38.8. The first-order chi connectivity index (χ1) is 58.0. The van der Waals surface area contributed by atoms with Crippen molar-refractivity contribution in [3.63, 3.8) is 0 Å². The lowest BCUT2D eigenvalue weighted by molar-refractivity contribution is -0.124. The van der Waals surface area contributed by atoms with Gasteiger partial charge in [-0.3, -0.25) is 18.7 Å². The second-order valence-electron chi connectivity index (χ2n) is 29.2. The molecule has 0 saturated carbocycles. The molecule has 2 unspecified atom stereocenters. The quantitative estimate of drug-likeness (QED) is 0.0105. The molecule has 0 aliphatic heterocycles. The number of benzene rings is 8. The number of aliphatic imine (C=N–C) groups is 1. The van der Waals surface area contributed by atoms with Gasteiger partial charge in [-0.2, -0.15) is 0 Å². The third kappa shape index (κ3) is 23.8. The normalized spacial score (nSPS) is 13.0. The summed E-state index contributed by atoms with van der Waals surface area (Å²) >= 11 is 2.23. The first-order valence-corrected chi connectivity index (χ1v) is 44.4. The van der Waals surface area contributed by atoms with Gasteiger partial charge in [-0.15, -0.1) is 0 Å². The molecule has 8 aromatic carbocycles. The van der Waals surface area contributed by atoms with Gasteiger partial charge in [-0.05, 0) is 121 Å². The summed E-state index contributed by atoms with van der Waals surface area (Å²) in [6, 6.07) is 70.2. The molecule has 0 radical (unpaired) electrons. The molecule has 12 rings (SSSR count). The highest BCUT2D eigenvalue weighted by molar-refractivity contribution is 8.14. The van der Waals surface area contributed by atoms with Crippen LogP contribution in [0.2, 0.25) is 0 Å². The van der Waals surface area contributed by atoms with Gasteiger partial charge in [0.2, 0.25) is 0 Å². The van der Waals surface area contributed by atoms with Crippen LogP contribution in [-0.2, 0) is 84.1 Å². The number of fused-ring (bicyclic) bond motifs is 2. The molecule has 120 heavy (non-hydrogen) atoms. The smallest absolute Gasteiger partial charge is 0.295 e. The number of anilines is 1. The van der Waals surface area contributed by atoms with E-state index in [0.29, 0.717) is 83.1 Å². The summed E-state index contributed by atoms with van der Waals surface area (Å²) in [6.45, 7) is 9.57. The Morgan fingerprint density at radius 1 is 0.458 bits per heavy atom. The molecule has 0 amide bonds. The Morgan fingerprint density at radius 2 is 0.800 bits per heavy atom. The monoisotopic (exact) mass is 1700 g/mol. The number of nitrogen functional groups attached to an aromatic ring is 1. The van der Waals surface area contributed by atoms with E-state index in [1.165, 1.54) is 12.7 Å². The van der Waals surface area contributed by atoms with Crippen molar-refractivity contribution in [2.75, 3.05) is 112 Å². The van der Waals surface area contributed by atoms with Crippen molar-refractivity contribution < 1.29 is 65.7 Å². The van der Waals surface area contributed by atoms with Gasteiger partial charge >= 0.3 is 0 Å².